The van der Waals surface area contributed by atoms with Crippen LogP contribution in [0, 0.1) is 0 Å². The highest BCUT2D eigenvalue weighted by atomic mass is 35.5. The van der Waals surface area contributed by atoms with Crippen molar-refractivity contribution in [2.75, 3.05) is 11.9 Å². The molecule has 5 nitrogen and oxygen atoms in total. The maximum atomic E-state index is 12.6. The smallest absolute Gasteiger partial charge is 0.258 e. The van der Waals surface area contributed by atoms with Gasteiger partial charge >= 0.3 is 0 Å². The van der Waals surface area contributed by atoms with Crippen LogP contribution in [-0.2, 0) is 0 Å². The van der Waals surface area contributed by atoms with Crippen molar-refractivity contribution in [3.05, 3.63) is 74.6 Å². The molecular weight excluding hydrogens is 375 g/mol. The van der Waals surface area contributed by atoms with Gasteiger partial charge in [-0.05, 0) is 43.3 Å². The molecule has 1 amide bonds. The molecule has 0 bridgehead atoms. The molecule has 7 heteroatoms. The topological polar surface area (TPSA) is 71.3 Å². The summed E-state index contributed by atoms with van der Waals surface area (Å²) in [6, 6.07) is 11.1. The van der Waals surface area contributed by atoms with Crippen molar-refractivity contribution in [1.29, 1.82) is 0 Å². The molecule has 1 unspecified atom stereocenters. The average molecular weight is 391 g/mol. The number of anilines is 1. The van der Waals surface area contributed by atoms with Crippen LogP contribution in [-0.4, -0.2) is 22.2 Å². The van der Waals surface area contributed by atoms with Crippen molar-refractivity contribution < 1.29 is 9.90 Å². The Kier molecular flexibility index (Phi) is 5.32. The molecule has 0 aliphatic carbocycles. The van der Waals surface area contributed by atoms with E-state index in [1.54, 1.807) is 49.5 Å². The van der Waals surface area contributed by atoms with Crippen molar-refractivity contribution in [2.45, 2.75) is 13.0 Å². The summed E-state index contributed by atoms with van der Waals surface area (Å²) in [6.07, 6.45) is 1.61. The van der Waals surface area contributed by atoms with Gasteiger partial charge in [0, 0.05) is 27.7 Å². The van der Waals surface area contributed by atoms with Gasteiger partial charge < -0.3 is 15.0 Å². The highest BCUT2D eigenvalue weighted by molar-refractivity contribution is 6.37. The molecule has 1 aromatic heterocycles. The fourth-order valence-corrected chi connectivity index (χ4v) is 3.19. The maximum Gasteiger partial charge on any atom is 0.258 e. The fourth-order valence-electron chi connectivity index (χ4n) is 2.70. The first-order valence-electron chi connectivity index (χ1n) is 7.93. The fraction of sp³-hybridized carbons (Fsp3) is 0.158. The second-order valence-corrected chi connectivity index (χ2v) is 6.75. The molecule has 0 radical (unpaired) electrons. The van der Waals surface area contributed by atoms with Gasteiger partial charge in [0.25, 0.3) is 11.5 Å². The first kappa shape index (κ1) is 18.5. The molecule has 0 saturated heterocycles. The number of aliphatic hydroxyl groups is 1. The first-order valence-corrected chi connectivity index (χ1v) is 8.69. The number of hydrogen-bond donors (Lipinski definition) is 2. The van der Waals surface area contributed by atoms with E-state index in [-0.39, 0.29) is 28.8 Å². The van der Waals surface area contributed by atoms with Crippen LogP contribution in [0.5, 0.6) is 0 Å². The zero-order valence-corrected chi connectivity index (χ0v) is 15.4. The lowest BCUT2D eigenvalue weighted by Crippen LogP contribution is -2.25. The third-order valence-corrected chi connectivity index (χ3v) is 4.68. The molecule has 0 spiro atoms. The van der Waals surface area contributed by atoms with Gasteiger partial charge in [-0.3, -0.25) is 9.59 Å². The van der Waals surface area contributed by atoms with E-state index in [0.29, 0.717) is 21.5 Å². The Bertz CT molecular complexity index is 1050. The van der Waals surface area contributed by atoms with Crippen LogP contribution in [0.25, 0.3) is 10.8 Å². The third-order valence-electron chi connectivity index (χ3n) is 4.14. The Morgan fingerprint density at radius 3 is 2.65 bits per heavy atom. The van der Waals surface area contributed by atoms with Gasteiger partial charge in [0.15, 0.2) is 0 Å². The van der Waals surface area contributed by atoms with Crippen molar-refractivity contribution in [3.8, 4) is 0 Å². The van der Waals surface area contributed by atoms with Gasteiger partial charge in [-0.15, -0.1) is 0 Å². The van der Waals surface area contributed by atoms with Crippen LogP contribution in [0.1, 0.15) is 23.3 Å². The molecule has 26 heavy (non-hydrogen) atoms. The number of aromatic nitrogens is 1. The van der Waals surface area contributed by atoms with Gasteiger partial charge in [0.05, 0.1) is 23.2 Å². The van der Waals surface area contributed by atoms with E-state index < -0.39 is 5.91 Å². The molecule has 0 aliphatic heterocycles. The molecule has 2 aromatic carbocycles. The number of carbonyl (C=O) groups is 1. The quantitative estimate of drug-likeness (QED) is 0.703. The zero-order valence-electron chi connectivity index (χ0n) is 13.9. The summed E-state index contributed by atoms with van der Waals surface area (Å²) < 4.78 is 1.46. The molecule has 0 fully saturated rings. The molecular formula is C19H16Cl2N2O3. The second-order valence-electron chi connectivity index (χ2n) is 5.90. The summed E-state index contributed by atoms with van der Waals surface area (Å²) in [4.78, 5) is 25.2. The van der Waals surface area contributed by atoms with E-state index in [9.17, 15) is 14.7 Å². The SMILES string of the molecule is CC(CO)n1ccc2c(NC(=O)c3ccc(Cl)cc3Cl)cccc2c1=O. The minimum Gasteiger partial charge on any atom is -0.394 e. The van der Waals surface area contributed by atoms with Gasteiger partial charge in [0.2, 0.25) is 0 Å². The van der Waals surface area contributed by atoms with Crippen LogP contribution in [0.3, 0.4) is 0 Å². The Balaban J connectivity index is 2.02. The van der Waals surface area contributed by atoms with Crippen LogP contribution in [0.4, 0.5) is 5.69 Å². The Hall–Kier alpha value is -2.34. The highest BCUT2D eigenvalue weighted by Gasteiger charge is 2.14. The molecule has 2 N–H and O–H groups in total. The molecule has 3 aromatic rings. The van der Waals surface area contributed by atoms with Gasteiger partial charge in [0.1, 0.15) is 0 Å². The van der Waals surface area contributed by atoms with Crippen LogP contribution >= 0.6 is 23.2 Å². The number of rotatable bonds is 4. The number of aliphatic hydroxyl groups excluding tert-OH is 1. The highest BCUT2D eigenvalue weighted by Crippen LogP contribution is 2.25. The van der Waals surface area contributed by atoms with Crippen molar-refractivity contribution >= 4 is 45.6 Å². The Morgan fingerprint density at radius 1 is 1.19 bits per heavy atom. The molecule has 134 valence electrons. The van der Waals surface area contributed by atoms with Crippen molar-refractivity contribution in [2.24, 2.45) is 0 Å². The van der Waals surface area contributed by atoms with Crippen LogP contribution in [0.15, 0.2) is 53.5 Å². The zero-order chi connectivity index (χ0) is 18.8. The van der Waals surface area contributed by atoms with Gasteiger partial charge in [-0.2, -0.15) is 0 Å². The van der Waals surface area contributed by atoms with Gasteiger partial charge in [-0.1, -0.05) is 29.3 Å². The van der Waals surface area contributed by atoms with Crippen molar-refractivity contribution in [3.63, 3.8) is 0 Å². The summed E-state index contributed by atoms with van der Waals surface area (Å²) in [5, 5.41) is 13.8. The molecule has 1 atom stereocenters. The standard InChI is InChI=1S/C19H16Cl2N2O3/c1-11(10-24)23-8-7-13-14(19(23)26)3-2-4-17(13)22-18(25)15-6-5-12(20)9-16(15)21/h2-9,11,24H,10H2,1H3,(H,22,25). The number of hydrogen-bond acceptors (Lipinski definition) is 3. The predicted molar refractivity (Wildman–Crippen MR) is 104 cm³/mol. The molecule has 0 saturated carbocycles. The number of halogens is 2. The van der Waals surface area contributed by atoms with Gasteiger partial charge in [-0.25, -0.2) is 0 Å². The lowest BCUT2D eigenvalue weighted by Gasteiger charge is -2.15. The second kappa shape index (κ2) is 7.50. The van der Waals surface area contributed by atoms with E-state index in [1.165, 1.54) is 10.6 Å². The molecule has 1 heterocycles. The maximum absolute atomic E-state index is 12.6. The summed E-state index contributed by atoms with van der Waals surface area (Å²) in [7, 11) is 0. The normalized spacial score (nSPS) is 12.2. The number of benzene rings is 2. The lowest BCUT2D eigenvalue weighted by molar-refractivity contribution is 0.102. The number of nitrogens with one attached hydrogen (secondary N) is 1. The molecule has 0 aliphatic rings. The summed E-state index contributed by atoms with van der Waals surface area (Å²) in [5.41, 5.74) is 0.555. The summed E-state index contributed by atoms with van der Waals surface area (Å²) in [5.74, 6) is -0.396. The van der Waals surface area contributed by atoms with E-state index in [2.05, 4.69) is 5.32 Å². The van der Waals surface area contributed by atoms with E-state index in [1.807, 2.05) is 0 Å². The number of amides is 1. The van der Waals surface area contributed by atoms with Crippen LogP contribution < -0.4 is 10.9 Å². The van der Waals surface area contributed by atoms with Crippen molar-refractivity contribution in [1.82, 2.24) is 4.57 Å². The lowest BCUT2D eigenvalue weighted by atomic mass is 10.1. The predicted octanol–water partition coefficient (Wildman–Crippen LogP) is 4.11. The number of nitrogens with zero attached hydrogens (tertiary/aromatic N) is 1. The largest absolute Gasteiger partial charge is 0.394 e. The van der Waals surface area contributed by atoms with E-state index >= 15 is 0 Å². The number of fused-ring (bicyclic) bond motifs is 1. The summed E-state index contributed by atoms with van der Waals surface area (Å²) >= 11 is 11.9. The monoisotopic (exact) mass is 390 g/mol. The molecule has 3 rings (SSSR count). The minimum atomic E-state index is -0.396. The number of carbonyl (C=O) groups excluding carboxylic acids is 1. The Morgan fingerprint density at radius 2 is 1.96 bits per heavy atom. The third kappa shape index (κ3) is 3.46. The minimum absolute atomic E-state index is 0.142. The summed E-state index contributed by atoms with van der Waals surface area (Å²) in [6.45, 7) is 1.61. The average Bonchev–Trinajstić information content (AvgIpc) is 2.62. The van der Waals surface area contributed by atoms with Crippen LogP contribution in [0.2, 0.25) is 10.0 Å². The number of pyridine rings is 1. The first-order chi connectivity index (χ1) is 12.4. The van der Waals surface area contributed by atoms with E-state index in [0.717, 1.165) is 0 Å². The Labute approximate surface area is 159 Å². The van der Waals surface area contributed by atoms with E-state index in [4.69, 9.17) is 23.2 Å².